The number of hydrogen-bond donors (Lipinski definition) is 0. The predicted molar refractivity (Wildman–Crippen MR) is 210 cm³/mol. The van der Waals surface area contributed by atoms with Crippen LogP contribution < -0.4 is 0 Å². The monoisotopic (exact) mass is 636 g/mol. The Morgan fingerprint density at radius 1 is 0.300 bits per heavy atom. The van der Waals surface area contributed by atoms with E-state index in [2.05, 4.69) is 152 Å². The van der Waals surface area contributed by atoms with Crippen molar-refractivity contribution < 1.29 is 8.83 Å². The van der Waals surface area contributed by atoms with Gasteiger partial charge in [-0.3, -0.25) is 0 Å². The van der Waals surface area contributed by atoms with Crippen LogP contribution in [0.15, 0.2) is 179 Å². The van der Waals surface area contributed by atoms with E-state index in [0.717, 1.165) is 60.6 Å². The molecule has 0 aliphatic heterocycles. The fourth-order valence-electron chi connectivity index (χ4n) is 8.26. The van der Waals surface area contributed by atoms with Crippen molar-refractivity contribution in [1.82, 2.24) is 0 Å². The molecular weight excluding hydrogens is 609 g/mol. The fourth-order valence-corrected chi connectivity index (χ4v) is 8.26. The molecule has 2 aromatic heterocycles. The molecule has 232 valence electrons. The highest BCUT2D eigenvalue weighted by Gasteiger charge is 2.22. The van der Waals surface area contributed by atoms with Gasteiger partial charge in [0.05, 0.1) is 0 Å². The normalized spacial score (nSPS) is 12.0. The molecule has 50 heavy (non-hydrogen) atoms. The van der Waals surface area contributed by atoms with Crippen LogP contribution >= 0.6 is 0 Å². The predicted octanol–water partition coefficient (Wildman–Crippen LogP) is 13.9. The second-order valence-corrected chi connectivity index (χ2v) is 13.2. The second kappa shape index (κ2) is 10.4. The lowest BCUT2D eigenvalue weighted by atomic mass is 9.85. The summed E-state index contributed by atoms with van der Waals surface area (Å²) in [4.78, 5) is 0. The van der Waals surface area contributed by atoms with Crippen molar-refractivity contribution in [2.45, 2.75) is 0 Å². The summed E-state index contributed by atoms with van der Waals surface area (Å²) >= 11 is 0. The average Bonchev–Trinajstić information content (AvgIpc) is 3.75. The molecule has 0 saturated carbocycles. The van der Waals surface area contributed by atoms with Gasteiger partial charge in [-0.15, -0.1) is 0 Å². The van der Waals surface area contributed by atoms with Gasteiger partial charge in [0.15, 0.2) is 0 Å². The molecule has 9 aromatic carbocycles. The van der Waals surface area contributed by atoms with Crippen LogP contribution in [-0.4, -0.2) is 0 Å². The number of benzene rings is 9. The van der Waals surface area contributed by atoms with Crippen molar-refractivity contribution >= 4 is 76.2 Å². The van der Waals surface area contributed by atoms with Gasteiger partial charge >= 0.3 is 0 Å². The average molecular weight is 637 g/mol. The van der Waals surface area contributed by atoms with Gasteiger partial charge in [0.25, 0.3) is 0 Å². The first-order valence-corrected chi connectivity index (χ1v) is 17.1. The molecule has 2 heterocycles. The molecule has 2 heteroatoms. The standard InChI is InChI=1S/C48H28O2/c1-2-13-30-26-33(25-24-29(30)12-1)45-36-18-5-3-16-34(36)44(35-17-4-6-19-37(35)45)32-15-11-14-31(27-32)40-28-43-46(38-20-7-9-22-41(38)49-43)47-39-21-8-10-23-42(39)50-48(40)47/h1-28H. The summed E-state index contributed by atoms with van der Waals surface area (Å²) in [6.45, 7) is 0. The van der Waals surface area contributed by atoms with Gasteiger partial charge < -0.3 is 8.83 Å². The molecule has 11 aromatic rings. The van der Waals surface area contributed by atoms with Crippen molar-refractivity contribution in [3.8, 4) is 33.4 Å². The Labute approximate surface area is 287 Å². The van der Waals surface area contributed by atoms with E-state index in [1.807, 2.05) is 18.2 Å². The van der Waals surface area contributed by atoms with Gasteiger partial charge in [0.2, 0.25) is 0 Å². The van der Waals surface area contributed by atoms with Crippen LogP contribution in [0.5, 0.6) is 0 Å². The molecule has 0 amide bonds. The lowest BCUT2D eigenvalue weighted by Crippen LogP contribution is -1.91. The first kappa shape index (κ1) is 27.3. The molecule has 0 aliphatic rings. The molecule has 0 saturated heterocycles. The van der Waals surface area contributed by atoms with E-state index >= 15 is 0 Å². The zero-order chi connectivity index (χ0) is 32.8. The maximum Gasteiger partial charge on any atom is 0.144 e. The molecule has 11 rings (SSSR count). The van der Waals surface area contributed by atoms with Crippen molar-refractivity contribution in [2.75, 3.05) is 0 Å². The lowest BCUT2D eigenvalue weighted by Gasteiger charge is -2.18. The smallest absolute Gasteiger partial charge is 0.144 e. The van der Waals surface area contributed by atoms with Crippen LogP contribution in [0.1, 0.15) is 0 Å². The van der Waals surface area contributed by atoms with Crippen molar-refractivity contribution in [1.29, 1.82) is 0 Å². The van der Waals surface area contributed by atoms with Gasteiger partial charge in [0.1, 0.15) is 22.3 Å². The minimum atomic E-state index is 0.862. The zero-order valence-corrected chi connectivity index (χ0v) is 27.0. The highest BCUT2D eigenvalue weighted by atomic mass is 16.3. The summed E-state index contributed by atoms with van der Waals surface area (Å²) < 4.78 is 13.2. The number of furan rings is 2. The molecule has 0 aliphatic carbocycles. The fraction of sp³-hybridized carbons (Fsp3) is 0. The highest BCUT2D eigenvalue weighted by molar-refractivity contribution is 6.28. The summed E-state index contributed by atoms with van der Waals surface area (Å²) in [6.07, 6.45) is 0. The molecule has 0 fully saturated rings. The number of para-hydroxylation sites is 2. The summed E-state index contributed by atoms with van der Waals surface area (Å²) in [7, 11) is 0. The summed E-state index contributed by atoms with van der Waals surface area (Å²) in [5.74, 6) is 0. The van der Waals surface area contributed by atoms with Crippen LogP contribution in [0.2, 0.25) is 0 Å². The molecule has 0 bridgehead atoms. The van der Waals surface area contributed by atoms with E-state index in [1.165, 1.54) is 49.0 Å². The van der Waals surface area contributed by atoms with Crippen LogP contribution in [0, 0.1) is 0 Å². The van der Waals surface area contributed by atoms with E-state index in [1.54, 1.807) is 0 Å². The third-order valence-corrected chi connectivity index (χ3v) is 10.4. The maximum atomic E-state index is 6.70. The SMILES string of the molecule is c1cc(-c2c3ccccc3c(-c3ccc4ccccc4c3)c3ccccc23)cc(-c2cc3oc4ccccc4c3c3c2oc2ccccc23)c1. The molecule has 0 spiro atoms. The molecule has 0 radical (unpaired) electrons. The Kier molecular flexibility index (Phi) is 5.70. The Morgan fingerprint density at radius 2 is 0.820 bits per heavy atom. The summed E-state index contributed by atoms with van der Waals surface area (Å²) in [6, 6.07) is 60.8. The largest absolute Gasteiger partial charge is 0.456 e. The minimum absolute atomic E-state index is 0.862. The van der Waals surface area contributed by atoms with Crippen LogP contribution in [-0.2, 0) is 0 Å². The summed E-state index contributed by atoms with van der Waals surface area (Å²) in [5.41, 5.74) is 10.5. The van der Waals surface area contributed by atoms with Crippen LogP contribution in [0.3, 0.4) is 0 Å². The topological polar surface area (TPSA) is 26.3 Å². The highest BCUT2D eigenvalue weighted by Crippen LogP contribution is 2.47. The third kappa shape index (κ3) is 3.90. The number of fused-ring (bicyclic) bond motifs is 10. The van der Waals surface area contributed by atoms with E-state index in [4.69, 9.17) is 8.83 Å². The summed E-state index contributed by atoms with van der Waals surface area (Å²) in [5, 5.41) is 11.8. The number of rotatable bonds is 3. The molecule has 0 N–H and O–H groups in total. The maximum absolute atomic E-state index is 6.70. The van der Waals surface area contributed by atoms with E-state index in [-0.39, 0.29) is 0 Å². The van der Waals surface area contributed by atoms with Crippen molar-refractivity contribution in [3.05, 3.63) is 170 Å². The Bertz CT molecular complexity index is 3100. The molecule has 0 unspecified atom stereocenters. The van der Waals surface area contributed by atoms with E-state index in [9.17, 15) is 0 Å². The lowest BCUT2D eigenvalue weighted by molar-refractivity contribution is 0.664. The van der Waals surface area contributed by atoms with Gasteiger partial charge in [-0.2, -0.15) is 0 Å². The van der Waals surface area contributed by atoms with Crippen LogP contribution in [0.25, 0.3) is 110 Å². The van der Waals surface area contributed by atoms with Gasteiger partial charge in [-0.25, -0.2) is 0 Å². The third-order valence-electron chi connectivity index (χ3n) is 10.4. The van der Waals surface area contributed by atoms with E-state index in [0.29, 0.717) is 0 Å². The van der Waals surface area contributed by atoms with Gasteiger partial charge in [-0.1, -0.05) is 140 Å². The number of hydrogen-bond acceptors (Lipinski definition) is 2. The van der Waals surface area contributed by atoms with Crippen LogP contribution in [0.4, 0.5) is 0 Å². The molecule has 2 nitrogen and oxygen atoms in total. The van der Waals surface area contributed by atoms with Crippen molar-refractivity contribution in [3.63, 3.8) is 0 Å². The first-order valence-electron chi connectivity index (χ1n) is 17.1. The molecule has 0 atom stereocenters. The first-order chi connectivity index (χ1) is 24.8. The Hall–Kier alpha value is -6.64. The van der Waals surface area contributed by atoms with Gasteiger partial charge in [-0.05, 0) is 90.5 Å². The zero-order valence-electron chi connectivity index (χ0n) is 27.0. The van der Waals surface area contributed by atoms with Gasteiger partial charge in [0, 0.05) is 27.1 Å². The minimum Gasteiger partial charge on any atom is -0.456 e. The Morgan fingerprint density at radius 3 is 1.50 bits per heavy atom. The van der Waals surface area contributed by atoms with E-state index < -0.39 is 0 Å². The second-order valence-electron chi connectivity index (χ2n) is 13.2. The molecular formula is C48H28O2. The van der Waals surface area contributed by atoms with Crippen molar-refractivity contribution in [2.24, 2.45) is 0 Å². The Balaban J connectivity index is 1.19. The quantitative estimate of drug-likeness (QED) is 0.180.